The third-order valence-corrected chi connectivity index (χ3v) is 14.4. The van der Waals surface area contributed by atoms with E-state index in [-0.39, 0.29) is 0 Å². The highest BCUT2D eigenvalue weighted by molar-refractivity contribution is 6.31. The number of aliphatic hydroxyl groups is 8. The zero-order valence-electron chi connectivity index (χ0n) is 37.5. The zero-order valence-corrected chi connectivity index (χ0v) is 39.0. The maximum Gasteiger partial charge on any atom is 0.118 e. The van der Waals surface area contributed by atoms with Crippen LogP contribution in [0.1, 0.15) is 87.1 Å². The fraction of sp³-hybridized carbons (Fsp3) is 0.434. The van der Waals surface area contributed by atoms with Crippen LogP contribution in [0.4, 0.5) is 5.69 Å². The van der Waals surface area contributed by atoms with Crippen molar-refractivity contribution in [3.05, 3.63) is 163 Å². The molecule has 0 saturated carbocycles. The van der Waals surface area contributed by atoms with E-state index in [1.165, 1.54) is 46.3 Å². The smallest absolute Gasteiger partial charge is 0.118 e. The van der Waals surface area contributed by atoms with E-state index >= 15 is 0 Å². The second-order valence-corrected chi connectivity index (χ2v) is 19.0. The number of anilines is 1. The van der Waals surface area contributed by atoms with Crippen LogP contribution >= 0.6 is 23.2 Å². The summed E-state index contributed by atoms with van der Waals surface area (Å²) in [6, 6.07) is 32.1. The van der Waals surface area contributed by atoms with Crippen LogP contribution in [0.5, 0.6) is 5.75 Å². The van der Waals surface area contributed by atoms with Crippen LogP contribution in [0.3, 0.4) is 0 Å². The molecule has 358 valence electrons. The molecular weight excluding hydrogens is 897 g/mol. The number of aliphatic hydroxyl groups excluding tert-OH is 8. The predicted molar refractivity (Wildman–Crippen MR) is 256 cm³/mol. The molecule has 5 aromatic rings. The van der Waals surface area contributed by atoms with Gasteiger partial charge in [-0.05, 0) is 137 Å². The highest BCUT2D eigenvalue weighted by Gasteiger charge is 2.45. The molecule has 2 fully saturated rings. The van der Waals surface area contributed by atoms with E-state index < -0.39 is 74.3 Å². The van der Waals surface area contributed by atoms with E-state index in [0.717, 1.165) is 61.2 Å². The Bertz CT molecular complexity index is 2450. The lowest BCUT2D eigenvalue weighted by Crippen LogP contribution is -2.55. The van der Waals surface area contributed by atoms with Gasteiger partial charge in [0.2, 0.25) is 0 Å². The molecule has 3 aliphatic heterocycles. The van der Waals surface area contributed by atoms with E-state index in [9.17, 15) is 40.9 Å². The fourth-order valence-electron chi connectivity index (χ4n) is 9.86. The SMILES string of the molecule is COc1ccc(CN2CCCc3cc(Cc4cc([C@@H]5O[C@H](CO)[C@@H](O)[C@H](O)[C@H]5O)ccc4Cl)ccc32)cc1.OC[C@H]1O[C@@H](c2ccc(Cl)c(Cc3ccc4c(c3)CCCC4)c2)[C@H](O)[C@@H](O)[C@@H]1O. The van der Waals surface area contributed by atoms with E-state index in [1.807, 2.05) is 24.3 Å². The maximum atomic E-state index is 10.6. The van der Waals surface area contributed by atoms with Crippen molar-refractivity contribution in [1.82, 2.24) is 0 Å². The van der Waals surface area contributed by atoms with Crippen LogP contribution in [0.15, 0.2) is 97.1 Å². The molecule has 5 aromatic carbocycles. The van der Waals surface area contributed by atoms with Gasteiger partial charge in [-0.3, -0.25) is 0 Å². The predicted octanol–water partition coefficient (Wildman–Crippen LogP) is 5.73. The molecule has 10 atom stereocenters. The van der Waals surface area contributed by atoms with Gasteiger partial charge in [0.05, 0.1) is 20.3 Å². The van der Waals surface area contributed by atoms with Gasteiger partial charge in [-0.1, -0.05) is 89.9 Å². The van der Waals surface area contributed by atoms with E-state index in [4.69, 9.17) is 37.4 Å². The minimum atomic E-state index is -1.42. The maximum absolute atomic E-state index is 10.6. The van der Waals surface area contributed by atoms with E-state index in [2.05, 4.69) is 53.4 Å². The number of hydrogen-bond donors (Lipinski definition) is 8. The van der Waals surface area contributed by atoms with Crippen molar-refractivity contribution in [2.24, 2.45) is 0 Å². The van der Waals surface area contributed by atoms with Crippen LogP contribution in [-0.4, -0.2) is 117 Å². The molecule has 2 saturated heterocycles. The van der Waals surface area contributed by atoms with Crippen LogP contribution in [0, 0.1) is 0 Å². The van der Waals surface area contributed by atoms with Gasteiger partial charge in [0.1, 0.15) is 66.8 Å². The van der Waals surface area contributed by atoms with Crippen LogP contribution in [0.2, 0.25) is 10.0 Å². The second kappa shape index (κ2) is 22.1. The lowest BCUT2D eigenvalue weighted by Gasteiger charge is -2.40. The Morgan fingerprint density at radius 2 is 1.03 bits per heavy atom. The summed E-state index contributed by atoms with van der Waals surface area (Å²) in [5.74, 6) is 0.853. The first-order valence-electron chi connectivity index (χ1n) is 23.1. The molecule has 67 heavy (non-hydrogen) atoms. The molecule has 4 aliphatic rings. The summed E-state index contributed by atoms with van der Waals surface area (Å²) in [5.41, 5.74) is 12.0. The van der Waals surface area contributed by atoms with Gasteiger partial charge in [-0.25, -0.2) is 0 Å². The highest BCUT2D eigenvalue weighted by atomic mass is 35.5. The Morgan fingerprint density at radius 3 is 1.57 bits per heavy atom. The standard InChI is InChI=1S/C30H34ClNO6.C23H27ClO5/c1-37-23-8-4-18(5-9-23)16-32-12-2-3-20-13-19(6-11-25(20)32)14-22-15-21(7-10-24(22)31)30-29(36)28(35)27(34)26(17-33)38-30;24-18-8-7-16(23-22(28)21(27)20(26)19(12-25)29-23)11-17(18)10-13-5-6-14-3-1-2-4-15(14)9-13/h4-11,13,15,26-30,33-36H,2-3,12,14,16-17H2,1H3;5-9,11,19-23,25-28H,1-4,10,12H2/t26-,27-,28+,29-,30+;19-,20-,21+,22-,23+/m11/s1. The van der Waals surface area contributed by atoms with Crippen molar-refractivity contribution in [2.45, 2.75) is 119 Å². The van der Waals surface area contributed by atoms with Crippen molar-refractivity contribution in [1.29, 1.82) is 0 Å². The van der Waals surface area contributed by atoms with Crippen LogP contribution in [0.25, 0.3) is 0 Å². The molecule has 0 amide bonds. The lowest BCUT2D eigenvalue weighted by atomic mass is 9.88. The van der Waals surface area contributed by atoms with Gasteiger partial charge in [0.15, 0.2) is 0 Å². The second-order valence-electron chi connectivity index (χ2n) is 18.2. The van der Waals surface area contributed by atoms with Gasteiger partial charge in [0, 0.05) is 28.8 Å². The third kappa shape index (κ3) is 11.2. The minimum absolute atomic E-state index is 0.447. The number of ether oxygens (including phenoxy) is 3. The normalized spacial score (nSPS) is 27.1. The number of rotatable bonds is 11. The summed E-state index contributed by atoms with van der Waals surface area (Å²) < 4.78 is 16.7. The van der Waals surface area contributed by atoms with Crippen LogP contribution in [-0.2, 0) is 48.1 Å². The molecular formula is C53H61Cl2NO11. The monoisotopic (exact) mass is 957 g/mol. The number of benzene rings is 5. The molecule has 0 radical (unpaired) electrons. The minimum Gasteiger partial charge on any atom is -0.497 e. The lowest BCUT2D eigenvalue weighted by molar-refractivity contribution is -0.231. The molecule has 3 heterocycles. The number of nitrogens with zero attached hydrogens (tertiary/aromatic N) is 1. The van der Waals surface area contributed by atoms with Gasteiger partial charge in [0.25, 0.3) is 0 Å². The largest absolute Gasteiger partial charge is 0.497 e. The summed E-state index contributed by atoms with van der Waals surface area (Å²) in [6.07, 6.45) is -3.78. The van der Waals surface area contributed by atoms with Gasteiger partial charge in [-0.2, -0.15) is 0 Å². The van der Waals surface area contributed by atoms with Gasteiger partial charge >= 0.3 is 0 Å². The summed E-state index contributed by atoms with van der Waals surface area (Å²) in [4.78, 5) is 2.41. The Hall–Kier alpha value is -4.12. The van der Waals surface area contributed by atoms with Crippen molar-refractivity contribution in [2.75, 3.05) is 31.8 Å². The van der Waals surface area contributed by atoms with Crippen molar-refractivity contribution in [3.63, 3.8) is 0 Å². The molecule has 9 rings (SSSR count). The van der Waals surface area contributed by atoms with Gasteiger partial charge in [-0.15, -0.1) is 0 Å². The van der Waals surface area contributed by atoms with Crippen molar-refractivity contribution in [3.8, 4) is 5.75 Å². The molecule has 0 unspecified atom stereocenters. The number of aryl methyl sites for hydroxylation is 3. The van der Waals surface area contributed by atoms with E-state index in [0.29, 0.717) is 34.0 Å². The third-order valence-electron chi connectivity index (χ3n) is 13.7. The molecule has 0 spiro atoms. The molecule has 0 aromatic heterocycles. The number of hydrogen-bond acceptors (Lipinski definition) is 12. The first kappa shape index (κ1) is 49.3. The molecule has 14 heteroatoms. The van der Waals surface area contributed by atoms with Crippen LogP contribution < -0.4 is 9.64 Å². The van der Waals surface area contributed by atoms with Crippen molar-refractivity contribution < 1.29 is 55.1 Å². The summed E-state index contributed by atoms with van der Waals surface area (Å²) in [7, 11) is 1.67. The number of halogens is 2. The number of methoxy groups -OCH3 is 1. The van der Waals surface area contributed by atoms with E-state index in [1.54, 1.807) is 31.4 Å². The van der Waals surface area contributed by atoms with Crippen molar-refractivity contribution >= 4 is 28.9 Å². The Morgan fingerprint density at radius 1 is 0.537 bits per heavy atom. The summed E-state index contributed by atoms with van der Waals surface area (Å²) in [6.45, 7) is 0.929. The summed E-state index contributed by atoms with van der Waals surface area (Å²) in [5, 5.41) is 81.5. The summed E-state index contributed by atoms with van der Waals surface area (Å²) >= 11 is 13.0. The fourth-order valence-corrected chi connectivity index (χ4v) is 10.2. The average Bonchev–Trinajstić information content (AvgIpc) is 3.34. The first-order valence-corrected chi connectivity index (χ1v) is 23.9. The molecule has 1 aliphatic carbocycles. The molecule has 0 bridgehead atoms. The Labute approximate surface area is 401 Å². The topological polar surface area (TPSA) is 193 Å². The Kier molecular flexibility index (Phi) is 16.3. The quantitative estimate of drug-likeness (QED) is 0.0804. The first-order chi connectivity index (χ1) is 32.3. The average molecular weight is 959 g/mol. The number of fused-ring (bicyclic) bond motifs is 2. The zero-order chi connectivity index (χ0) is 47.4. The highest BCUT2D eigenvalue weighted by Crippen LogP contribution is 2.37. The molecule has 8 N–H and O–H groups in total. The molecule has 12 nitrogen and oxygen atoms in total. The Balaban J connectivity index is 0.000000188. The van der Waals surface area contributed by atoms with Gasteiger partial charge < -0.3 is 60.0 Å².